The highest BCUT2D eigenvalue weighted by Gasteiger charge is 2.40. The van der Waals surface area contributed by atoms with E-state index in [1.54, 1.807) is 0 Å². The molecule has 0 spiro atoms. The minimum atomic E-state index is 0.126. The van der Waals surface area contributed by atoms with Crippen LogP contribution in [0.1, 0.15) is 38.4 Å². The lowest BCUT2D eigenvalue weighted by atomic mass is 9.96. The summed E-state index contributed by atoms with van der Waals surface area (Å²) in [6, 6.07) is 10.4. The third kappa shape index (κ3) is 6.87. The van der Waals surface area contributed by atoms with Crippen LogP contribution in [-0.4, -0.2) is 80.4 Å². The van der Waals surface area contributed by atoms with E-state index in [1.807, 2.05) is 6.07 Å². The molecule has 0 amide bonds. The summed E-state index contributed by atoms with van der Waals surface area (Å²) in [5, 5.41) is 6.89. The summed E-state index contributed by atoms with van der Waals surface area (Å²) in [4.78, 5) is 7.59. The predicted octanol–water partition coefficient (Wildman–Crippen LogP) is 2.92. The first-order valence-electron chi connectivity index (χ1n) is 11.3. The first-order valence-corrected chi connectivity index (χ1v) is 12.5. The van der Waals surface area contributed by atoms with Gasteiger partial charge in [0.2, 0.25) is 0 Å². The van der Waals surface area contributed by atoms with Gasteiger partial charge in [-0.3, -0.25) is 9.89 Å². The van der Waals surface area contributed by atoms with Gasteiger partial charge in [-0.25, -0.2) is 0 Å². The molecule has 0 aromatic heterocycles. The van der Waals surface area contributed by atoms with Crippen LogP contribution in [0.3, 0.4) is 0 Å². The molecule has 0 saturated carbocycles. The molecule has 7 heteroatoms. The predicted molar refractivity (Wildman–Crippen MR) is 126 cm³/mol. The molecule has 6 nitrogen and oxygen atoms in total. The van der Waals surface area contributed by atoms with E-state index in [0.717, 1.165) is 64.9 Å². The first-order chi connectivity index (χ1) is 14.7. The molecule has 2 heterocycles. The number of nitrogens with zero attached hydrogens (tertiary/aromatic N) is 2. The Morgan fingerprint density at radius 2 is 2.07 bits per heavy atom. The van der Waals surface area contributed by atoms with Crippen molar-refractivity contribution in [1.29, 1.82) is 0 Å². The Morgan fingerprint density at radius 3 is 2.77 bits per heavy atom. The highest BCUT2D eigenvalue weighted by molar-refractivity contribution is 7.99. The first kappa shape index (κ1) is 23.4. The number of hydrogen-bond acceptors (Lipinski definition) is 5. The van der Waals surface area contributed by atoms with Gasteiger partial charge in [0.1, 0.15) is 0 Å². The van der Waals surface area contributed by atoms with Crippen LogP contribution < -0.4 is 10.6 Å². The van der Waals surface area contributed by atoms with Crippen molar-refractivity contribution in [2.45, 2.75) is 38.3 Å². The van der Waals surface area contributed by atoms with Crippen LogP contribution in [0, 0.1) is 0 Å². The maximum absolute atomic E-state index is 5.98. The fourth-order valence-corrected chi connectivity index (χ4v) is 5.50. The monoisotopic (exact) mass is 434 g/mol. The van der Waals surface area contributed by atoms with Gasteiger partial charge >= 0.3 is 0 Å². The fraction of sp³-hybridized carbons (Fsp3) is 0.696. The summed E-state index contributed by atoms with van der Waals surface area (Å²) in [5.41, 5.74) is 1.41. The van der Waals surface area contributed by atoms with Crippen LogP contribution in [0.25, 0.3) is 0 Å². The number of morpholine rings is 1. The summed E-state index contributed by atoms with van der Waals surface area (Å²) < 4.78 is 11.6. The average molecular weight is 435 g/mol. The third-order valence-electron chi connectivity index (χ3n) is 5.89. The molecule has 30 heavy (non-hydrogen) atoms. The zero-order valence-corrected chi connectivity index (χ0v) is 19.4. The van der Waals surface area contributed by atoms with Gasteiger partial charge in [-0.15, -0.1) is 0 Å². The third-order valence-corrected chi connectivity index (χ3v) is 7.12. The van der Waals surface area contributed by atoms with Gasteiger partial charge in [-0.2, -0.15) is 11.8 Å². The van der Waals surface area contributed by atoms with Gasteiger partial charge < -0.3 is 20.1 Å². The Balaban J connectivity index is 1.44. The Morgan fingerprint density at radius 1 is 1.27 bits per heavy atom. The lowest BCUT2D eigenvalue weighted by Gasteiger charge is -2.42. The van der Waals surface area contributed by atoms with E-state index >= 15 is 0 Å². The van der Waals surface area contributed by atoms with Crippen molar-refractivity contribution in [3.63, 3.8) is 0 Å². The number of ether oxygens (including phenoxy) is 2. The minimum absolute atomic E-state index is 0.126. The molecule has 0 bridgehead atoms. The second-order valence-electron chi connectivity index (χ2n) is 8.03. The molecule has 2 aliphatic heterocycles. The Bertz CT molecular complexity index is 631. The highest BCUT2D eigenvalue weighted by atomic mass is 32.2. The summed E-state index contributed by atoms with van der Waals surface area (Å²) >= 11 is 2.06. The number of hydrogen-bond donors (Lipinski definition) is 2. The number of benzene rings is 1. The van der Waals surface area contributed by atoms with Crippen molar-refractivity contribution >= 4 is 17.7 Å². The molecule has 168 valence electrons. The fourth-order valence-electron chi connectivity index (χ4n) is 4.04. The van der Waals surface area contributed by atoms with Gasteiger partial charge in [0, 0.05) is 38.5 Å². The zero-order valence-electron chi connectivity index (χ0n) is 18.6. The second-order valence-corrected chi connectivity index (χ2v) is 9.13. The van der Waals surface area contributed by atoms with Gasteiger partial charge in [-0.1, -0.05) is 30.3 Å². The minimum Gasteiger partial charge on any atom is -0.379 e. The van der Waals surface area contributed by atoms with Crippen LogP contribution in [0.15, 0.2) is 35.3 Å². The van der Waals surface area contributed by atoms with Crippen molar-refractivity contribution in [1.82, 2.24) is 15.5 Å². The molecule has 2 aliphatic rings. The summed E-state index contributed by atoms with van der Waals surface area (Å²) in [5.74, 6) is 3.31. The van der Waals surface area contributed by atoms with E-state index in [-0.39, 0.29) is 11.6 Å². The van der Waals surface area contributed by atoms with Gasteiger partial charge in [-0.05, 0) is 38.0 Å². The molecule has 1 aromatic carbocycles. The van der Waals surface area contributed by atoms with Crippen LogP contribution in [-0.2, 0) is 9.47 Å². The van der Waals surface area contributed by atoms with Crippen LogP contribution in [0.2, 0.25) is 0 Å². The number of aliphatic imine (C=N–C) groups is 1. The van der Waals surface area contributed by atoms with Crippen molar-refractivity contribution in [2.24, 2.45) is 4.99 Å². The number of rotatable bonds is 10. The zero-order chi connectivity index (χ0) is 21.1. The SMILES string of the molecule is CCNC(=NCC1(N2CCOCC2)CCSC1)NCCCOC(C)c1ccccc1. The lowest BCUT2D eigenvalue weighted by Crippen LogP contribution is -2.56. The molecule has 3 rings (SSSR count). The molecule has 0 radical (unpaired) electrons. The van der Waals surface area contributed by atoms with Gasteiger partial charge in [0.25, 0.3) is 0 Å². The second kappa shape index (κ2) is 12.5. The molecule has 0 aliphatic carbocycles. The van der Waals surface area contributed by atoms with Crippen molar-refractivity contribution < 1.29 is 9.47 Å². The topological polar surface area (TPSA) is 58.1 Å². The van der Waals surface area contributed by atoms with Gasteiger partial charge in [0.05, 0.1) is 31.4 Å². The molecule has 2 N–H and O–H groups in total. The van der Waals surface area contributed by atoms with E-state index in [9.17, 15) is 0 Å². The van der Waals surface area contributed by atoms with Crippen molar-refractivity contribution in [3.8, 4) is 0 Å². The number of guanidine groups is 1. The van der Waals surface area contributed by atoms with E-state index < -0.39 is 0 Å². The van der Waals surface area contributed by atoms with E-state index in [4.69, 9.17) is 14.5 Å². The Labute approximate surface area is 186 Å². The van der Waals surface area contributed by atoms with E-state index in [1.165, 1.54) is 23.5 Å². The molecular weight excluding hydrogens is 396 g/mol. The summed E-state index contributed by atoms with van der Waals surface area (Å²) in [6.07, 6.45) is 2.29. The molecule has 2 fully saturated rings. The maximum Gasteiger partial charge on any atom is 0.191 e. The average Bonchev–Trinajstić information content (AvgIpc) is 3.28. The summed E-state index contributed by atoms with van der Waals surface area (Å²) in [7, 11) is 0. The number of thioether (sulfide) groups is 1. The van der Waals surface area contributed by atoms with Crippen LogP contribution in [0.5, 0.6) is 0 Å². The molecule has 2 saturated heterocycles. The molecule has 2 atom stereocenters. The lowest BCUT2D eigenvalue weighted by molar-refractivity contribution is -0.0104. The van der Waals surface area contributed by atoms with Crippen LogP contribution in [0.4, 0.5) is 0 Å². The van der Waals surface area contributed by atoms with Crippen molar-refractivity contribution in [3.05, 3.63) is 35.9 Å². The standard InChI is InChI=1S/C23H38N4O2S/c1-3-24-22(25-11-7-14-29-20(2)21-8-5-4-6-9-21)26-18-23(10-17-30-19-23)27-12-15-28-16-13-27/h4-6,8-9,20H,3,7,10-19H2,1-2H3,(H2,24,25,26). The normalized spacial score (nSPS) is 24.0. The number of nitrogens with one attached hydrogen (secondary N) is 2. The Hall–Kier alpha value is -1.28. The quantitative estimate of drug-likeness (QED) is 0.335. The van der Waals surface area contributed by atoms with E-state index in [2.05, 4.69) is 65.4 Å². The Kier molecular flexibility index (Phi) is 9.78. The molecule has 2 unspecified atom stereocenters. The van der Waals surface area contributed by atoms with E-state index in [0.29, 0.717) is 0 Å². The largest absolute Gasteiger partial charge is 0.379 e. The highest BCUT2D eigenvalue weighted by Crippen LogP contribution is 2.34. The van der Waals surface area contributed by atoms with Gasteiger partial charge in [0.15, 0.2) is 5.96 Å². The smallest absolute Gasteiger partial charge is 0.191 e. The summed E-state index contributed by atoms with van der Waals surface area (Å²) in [6.45, 7) is 11.3. The maximum atomic E-state index is 5.98. The molecular formula is C23H38N4O2S. The van der Waals surface area contributed by atoms with Crippen molar-refractivity contribution in [2.75, 3.05) is 64.1 Å². The van der Waals surface area contributed by atoms with Crippen LogP contribution >= 0.6 is 11.8 Å². The molecule has 1 aromatic rings.